The maximum Gasteiger partial charge on any atom is 0.278 e. The zero-order valence-electron chi connectivity index (χ0n) is 19.1. The molecular weight excluding hydrogens is 430 g/mol. The van der Waals surface area contributed by atoms with Crippen LogP contribution >= 0.6 is 0 Å². The van der Waals surface area contributed by atoms with E-state index in [4.69, 9.17) is 0 Å². The topological polar surface area (TPSA) is 83.8 Å². The monoisotopic (exact) mass is 455 g/mol. The number of hydrogen-bond acceptors (Lipinski definition) is 5. The van der Waals surface area contributed by atoms with Gasteiger partial charge in [-0.2, -0.15) is 0 Å². The molecular formula is C27H25N3O4. The fourth-order valence-corrected chi connectivity index (χ4v) is 4.04. The minimum Gasteiger partial charge on any atom is -0.362 e. The highest BCUT2D eigenvalue weighted by atomic mass is 16.6. The summed E-state index contributed by atoms with van der Waals surface area (Å²) in [6, 6.07) is 23.2. The number of rotatable bonds is 8. The lowest BCUT2D eigenvalue weighted by Gasteiger charge is -2.25. The number of amides is 2. The van der Waals surface area contributed by atoms with Gasteiger partial charge in [0.1, 0.15) is 5.70 Å². The van der Waals surface area contributed by atoms with Crippen LogP contribution in [0.2, 0.25) is 0 Å². The summed E-state index contributed by atoms with van der Waals surface area (Å²) in [7, 11) is 0. The summed E-state index contributed by atoms with van der Waals surface area (Å²) in [6.07, 6.45) is 0. The molecule has 0 saturated carbocycles. The molecule has 0 saturated heterocycles. The maximum atomic E-state index is 13.6. The van der Waals surface area contributed by atoms with Crippen molar-refractivity contribution in [3.05, 3.63) is 117 Å². The normalized spacial score (nSPS) is 13.5. The second-order valence-electron chi connectivity index (χ2n) is 8.21. The Balaban J connectivity index is 1.76. The summed E-state index contributed by atoms with van der Waals surface area (Å²) < 4.78 is 0. The van der Waals surface area contributed by atoms with Crippen LogP contribution in [-0.2, 0) is 22.7 Å². The molecule has 1 aliphatic rings. The minimum atomic E-state index is -0.488. The van der Waals surface area contributed by atoms with E-state index in [0.29, 0.717) is 24.4 Å². The largest absolute Gasteiger partial charge is 0.362 e. The Hall–Kier alpha value is -4.26. The third kappa shape index (κ3) is 4.59. The number of imide groups is 1. The molecule has 7 nitrogen and oxygen atoms in total. The van der Waals surface area contributed by atoms with E-state index < -0.39 is 10.8 Å². The van der Waals surface area contributed by atoms with Crippen molar-refractivity contribution in [2.75, 3.05) is 6.54 Å². The minimum absolute atomic E-state index is 0.0733. The molecule has 0 atom stereocenters. The standard InChI is InChI=1S/C27H25N3O4/c1-3-28(17-20-7-5-4-6-8-20)25-24(22-13-15-23(16-14-22)30(33)34)26(31)29(27(25)32)18-21-11-9-19(2)10-12-21/h4-16H,3,17-18H2,1-2H3. The van der Waals surface area contributed by atoms with Gasteiger partial charge in [-0.3, -0.25) is 24.6 Å². The fraction of sp³-hybridized carbons (Fsp3) is 0.185. The van der Waals surface area contributed by atoms with Crippen LogP contribution in [0.4, 0.5) is 5.69 Å². The lowest BCUT2D eigenvalue weighted by molar-refractivity contribution is -0.384. The van der Waals surface area contributed by atoms with Gasteiger partial charge in [0.25, 0.3) is 17.5 Å². The zero-order chi connectivity index (χ0) is 24.2. The van der Waals surface area contributed by atoms with Crippen molar-refractivity contribution in [3.63, 3.8) is 0 Å². The highest BCUT2D eigenvalue weighted by molar-refractivity contribution is 6.35. The second-order valence-corrected chi connectivity index (χ2v) is 8.21. The van der Waals surface area contributed by atoms with Crippen LogP contribution in [-0.4, -0.2) is 33.1 Å². The van der Waals surface area contributed by atoms with Gasteiger partial charge in [0.2, 0.25) is 0 Å². The van der Waals surface area contributed by atoms with Gasteiger partial charge in [0.15, 0.2) is 0 Å². The smallest absolute Gasteiger partial charge is 0.278 e. The molecule has 0 unspecified atom stereocenters. The van der Waals surface area contributed by atoms with E-state index in [1.165, 1.54) is 29.2 Å². The van der Waals surface area contributed by atoms with Crippen LogP contribution in [0.25, 0.3) is 5.57 Å². The van der Waals surface area contributed by atoms with Gasteiger partial charge >= 0.3 is 0 Å². The number of benzene rings is 3. The molecule has 0 radical (unpaired) electrons. The van der Waals surface area contributed by atoms with Gasteiger partial charge in [-0.05, 0) is 42.7 Å². The van der Waals surface area contributed by atoms with Crippen LogP contribution in [0.3, 0.4) is 0 Å². The van der Waals surface area contributed by atoms with Crippen molar-refractivity contribution in [1.29, 1.82) is 0 Å². The first-order valence-electron chi connectivity index (χ1n) is 11.1. The van der Waals surface area contributed by atoms with Crippen molar-refractivity contribution < 1.29 is 14.5 Å². The van der Waals surface area contributed by atoms with E-state index in [1.54, 1.807) is 0 Å². The predicted octanol–water partition coefficient (Wildman–Crippen LogP) is 4.71. The Morgan fingerprint density at radius 2 is 1.50 bits per heavy atom. The van der Waals surface area contributed by atoms with E-state index in [9.17, 15) is 19.7 Å². The van der Waals surface area contributed by atoms with Crippen molar-refractivity contribution in [1.82, 2.24) is 9.80 Å². The van der Waals surface area contributed by atoms with E-state index in [1.807, 2.05) is 73.3 Å². The van der Waals surface area contributed by atoms with E-state index in [0.717, 1.165) is 16.7 Å². The molecule has 1 heterocycles. The lowest BCUT2D eigenvalue weighted by atomic mass is 10.0. The van der Waals surface area contributed by atoms with Crippen molar-refractivity contribution in [3.8, 4) is 0 Å². The highest BCUT2D eigenvalue weighted by Crippen LogP contribution is 2.34. The second kappa shape index (κ2) is 9.70. The van der Waals surface area contributed by atoms with E-state index in [2.05, 4.69) is 0 Å². The molecule has 2 amide bonds. The van der Waals surface area contributed by atoms with Crippen LogP contribution in [0.1, 0.15) is 29.2 Å². The van der Waals surface area contributed by atoms with Crippen LogP contribution in [0, 0.1) is 17.0 Å². The van der Waals surface area contributed by atoms with Crippen LogP contribution in [0.15, 0.2) is 84.6 Å². The van der Waals surface area contributed by atoms with Crippen molar-refractivity contribution in [2.24, 2.45) is 0 Å². The average Bonchev–Trinajstić information content (AvgIpc) is 3.09. The maximum absolute atomic E-state index is 13.6. The molecule has 7 heteroatoms. The van der Waals surface area contributed by atoms with Gasteiger partial charge in [-0.15, -0.1) is 0 Å². The summed E-state index contributed by atoms with van der Waals surface area (Å²) in [5.74, 6) is -0.766. The van der Waals surface area contributed by atoms with Gasteiger partial charge in [0.05, 0.1) is 17.0 Å². The Morgan fingerprint density at radius 1 is 0.853 bits per heavy atom. The number of likely N-dealkylation sites (N-methyl/N-ethyl adjacent to an activating group) is 1. The summed E-state index contributed by atoms with van der Waals surface area (Å²) in [6.45, 7) is 5.04. The zero-order valence-corrected chi connectivity index (χ0v) is 19.1. The Labute approximate surface area is 198 Å². The quantitative estimate of drug-likeness (QED) is 0.279. The molecule has 0 N–H and O–H groups in total. The van der Waals surface area contributed by atoms with Crippen LogP contribution < -0.4 is 0 Å². The summed E-state index contributed by atoms with van der Waals surface area (Å²) >= 11 is 0. The summed E-state index contributed by atoms with van der Waals surface area (Å²) in [5.41, 5.74) is 3.95. The van der Waals surface area contributed by atoms with Crippen molar-refractivity contribution in [2.45, 2.75) is 26.9 Å². The molecule has 3 aromatic rings. The fourth-order valence-electron chi connectivity index (χ4n) is 4.04. The first-order chi connectivity index (χ1) is 16.4. The molecule has 4 rings (SSSR count). The molecule has 3 aromatic carbocycles. The third-order valence-electron chi connectivity index (χ3n) is 5.89. The van der Waals surface area contributed by atoms with E-state index in [-0.39, 0.29) is 23.7 Å². The number of carbonyl (C=O) groups is 2. The third-order valence-corrected chi connectivity index (χ3v) is 5.89. The first kappa shape index (κ1) is 22.9. The van der Waals surface area contributed by atoms with E-state index >= 15 is 0 Å². The van der Waals surface area contributed by atoms with Gasteiger partial charge in [0, 0.05) is 25.2 Å². The Kier molecular flexibility index (Phi) is 6.54. The average molecular weight is 456 g/mol. The van der Waals surface area contributed by atoms with Gasteiger partial charge in [-0.1, -0.05) is 60.2 Å². The molecule has 34 heavy (non-hydrogen) atoms. The number of nitrogens with zero attached hydrogens (tertiary/aromatic N) is 3. The molecule has 0 aliphatic carbocycles. The molecule has 0 aromatic heterocycles. The summed E-state index contributed by atoms with van der Waals surface area (Å²) in [4.78, 5) is 41.0. The first-order valence-corrected chi connectivity index (χ1v) is 11.1. The van der Waals surface area contributed by atoms with Gasteiger partial charge in [-0.25, -0.2) is 0 Å². The number of nitro benzene ring substituents is 1. The van der Waals surface area contributed by atoms with Gasteiger partial charge < -0.3 is 4.90 Å². The molecule has 1 aliphatic heterocycles. The molecule has 0 spiro atoms. The van der Waals surface area contributed by atoms with Crippen LogP contribution in [0.5, 0.6) is 0 Å². The molecule has 0 bridgehead atoms. The number of hydrogen-bond donors (Lipinski definition) is 0. The number of carbonyl (C=O) groups excluding carboxylic acids is 2. The summed E-state index contributed by atoms with van der Waals surface area (Å²) in [5, 5.41) is 11.1. The molecule has 0 fully saturated rings. The Bertz CT molecular complexity index is 1250. The Morgan fingerprint density at radius 3 is 2.09 bits per heavy atom. The lowest BCUT2D eigenvalue weighted by Crippen LogP contribution is -2.34. The SMILES string of the molecule is CCN(Cc1ccccc1)C1=C(c2ccc([N+](=O)[O-])cc2)C(=O)N(Cc2ccc(C)cc2)C1=O. The number of aryl methyl sites for hydroxylation is 1. The number of non-ortho nitro benzene ring substituents is 1. The highest BCUT2D eigenvalue weighted by Gasteiger charge is 2.41. The van der Waals surface area contributed by atoms with Crippen molar-refractivity contribution >= 4 is 23.1 Å². The predicted molar refractivity (Wildman–Crippen MR) is 129 cm³/mol. The molecule has 172 valence electrons. The number of nitro groups is 1.